The second-order valence-corrected chi connectivity index (χ2v) is 5.94. The number of nitrogens with one attached hydrogen (secondary N) is 1. The van der Waals surface area contributed by atoms with Crippen molar-refractivity contribution in [3.8, 4) is 0 Å². The van der Waals surface area contributed by atoms with E-state index in [0.717, 1.165) is 39.1 Å². The van der Waals surface area contributed by atoms with E-state index in [1.807, 2.05) is 4.90 Å². The molecule has 0 aromatic carbocycles. The van der Waals surface area contributed by atoms with Gasteiger partial charge in [-0.05, 0) is 25.8 Å². The number of hydrogen-bond donors (Lipinski definition) is 1. The molecule has 1 spiro atoms. The lowest BCUT2D eigenvalue weighted by Crippen LogP contribution is -2.61. The summed E-state index contributed by atoms with van der Waals surface area (Å²) in [6.07, 6.45) is 3.52. The molecule has 21 heavy (non-hydrogen) atoms. The summed E-state index contributed by atoms with van der Waals surface area (Å²) in [6.45, 7) is 4.92. The van der Waals surface area contributed by atoms with Gasteiger partial charge < -0.3 is 19.4 Å². The Morgan fingerprint density at radius 1 is 1.33 bits per heavy atom. The van der Waals surface area contributed by atoms with Gasteiger partial charge in [-0.3, -0.25) is 9.59 Å². The number of ether oxygens (including phenoxy) is 1. The summed E-state index contributed by atoms with van der Waals surface area (Å²) in [6, 6.07) is 1.61. The highest BCUT2D eigenvalue weighted by atomic mass is 16.5. The molecule has 6 nitrogen and oxygen atoms in total. The summed E-state index contributed by atoms with van der Waals surface area (Å²) in [7, 11) is 0. The summed E-state index contributed by atoms with van der Waals surface area (Å²) in [5, 5.41) is 2.65. The quantitative estimate of drug-likeness (QED) is 0.900. The molecule has 3 rings (SSSR count). The Labute approximate surface area is 123 Å². The van der Waals surface area contributed by atoms with Crippen LogP contribution in [0.3, 0.4) is 0 Å². The third-order valence-corrected chi connectivity index (χ3v) is 4.46. The molecule has 6 heteroatoms. The summed E-state index contributed by atoms with van der Waals surface area (Å²) in [5.41, 5.74) is 0.742. The number of rotatable bonds is 3. The highest BCUT2D eigenvalue weighted by Crippen LogP contribution is 2.39. The first kappa shape index (κ1) is 14.1. The highest BCUT2D eigenvalue weighted by molar-refractivity contribution is 5.97. The zero-order chi connectivity index (χ0) is 14.9. The van der Waals surface area contributed by atoms with Gasteiger partial charge in [0.15, 0.2) is 0 Å². The second kappa shape index (κ2) is 5.52. The standard InChI is InChI=1S/C15H20N2O4/c1-11-12(2-5-21-11)14(19)16-8-13(18)17-9-15(10-17)3-6-20-7-4-15/h2,5H,3-4,6-10H2,1H3,(H,16,19). The molecule has 2 saturated heterocycles. The summed E-state index contributed by atoms with van der Waals surface area (Å²) < 4.78 is 10.4. The third kappa shape index (κ3) is 2.81. The maximum Gasteiger partial charge on any atom is 0.255 e. The molecule has 0 radical (unpaired) electrons. The van der Waals surface area contributed by atoms with Gasteiger partial charge in [-0.25, -0.2) is 0 Å². The van der Waals surface area contributed by atoms with Gasteiger partial charge in [0.1, 0.15) is 5.76 Å². The smallest absolute Gasteiger partial charge is 0.255 e. The minimum Gasteiger partial charge on any atom is -0.469 e. The lowest BCUT2D eigenvalue weighted by molar-refractivity contribution is -0.149. The molecule has 0 bridgehead atoms. The molecule has 2 fully saturated rings. The van der Waals surface area contributed by atoms with Gasteiger partial charge in [-0.1, -0.05) is 0 Å². The minimum absolute atomic E-state index is 0.0263. The number of nitrogens with zero attached hydrogens (tertiary/aromatic N) is 1. The molecular formula is C15H20N2O4. The van der Waals surface area contributed by atoms with Crippen molar-refractivity contribution in [3.63, 3.8) is 0 Å². The van der Waals surface area contributed by atoms with Gasteiger partial charge in [-0.2, -0.15) is 0 Å². The van der Waals surface area contributed by atoms with Crippen LogP contribution in [0.15, 0.2) is 16.7 Å². The van der Waals surface area contributed by atoms with Crippen LogP contribution in [0, 0.1) is 12.3 Å². The van der Waals surface area contributed by atoms with Crippen molar-refractivity contribution in [1.29, 1.82) is 0 Å². The zero-order valence-electron chi connectivity index (χ0n) is 12.2. The largest absolute Gasteiger partial charge is 0.469 e. The highest BCUT2D eigenvalue weighted by Gasteiger charge is 2.45. The summed E-state index contributed by atoms with van der Waals surface area (Å²) in [4.78, 5) is 25.8. The van der Waals surface area contributed by atoms with Crippen molar-refractivity contribution >= 4 is 11.8 Å². The molecule has 0 atom stereocenters. The molecule has 114 valence electrons. The van der Waals surface area contributed by atoms with E-state index in [4.69, 9.17) is 9.15 Å². The lowest BCUT2D eigenvalue weighted by atomic mass is 9.73. The van der Waals surface area contributed by atoms with E-state index in [-0.39, 0.29) is 23.8 Å². The van der Waals surface area contributed by atoms with Crippen LogP contribution in [-0.4, -0.2) is 49.6 Å². The fourth-order valence-corrected chi connectivity index (χ4v) is 3.04. The molecule has 1 aromatic heterocycles. The second-order valence-electron chi connectivity index (χ2n) is 5.94. The number of likely N-dealkylation sites (tertiary alicyclic amines) is 1. The molecule has 1 aromatic rings. The maximum atomic E-state index is 12.1. The summed E-state index contributed by atoms with van der Waals surface area (Å²) >= 11 is 0. The number of hydrogen-bond acceptors (Lipinski definition) is 4. The number of amides is 2. The Hall–Kier alpha value is -1.82. The van der Waals surface area contributed by atoms with Crippen LogP contribution in [0.2, 0.25) is 0 Å². The molecule has 3 heterocycles. The van der Waals surface area contributed by atoms with Crippen LogP contribution < -0.4 is 5.32 Å². The van der Waals surface area contributed by atoms with Crippen LogP contribution in [0.25, 0.3) is 0 Å². The molecule has 2 aliphatic rings. The number of aryl methyl sites for hydroxylation is 1. The van der Waals surface area contributed by atoms with Crippen molar-refractivity contribution < 1.29 is 18.7 Å². The van der Waals surface area contributed by atoms with Crippen LogP contribution >= 0.6 is 0 Å². The van der Waals surface area contributed by atoms with E-state index in [2.05, 4.69) is 5.32 Å². The average molecular weight is 292 g/mol. The van der Waals surface area contributed by atoms with Crippen LogP contribution in [0.4, 0.5) is 0 Å². The molecule has 0 saturated carbocycles. The van der Waals surface area contributed by atoms with E-state index in [0.29, 0.717) is 11.3 Å². The number of carbonyl (C=O) groups excluding carboxylic acids is 2. The van der Waals surface area contributed by atoms with Crippen molar-refractivity contribution in [1.82, 2.24) is 10.2 Å². The van der Waals surface area contributed by atoms with E-state index < -0.39 is 0 Å². The monoisotopic (exact) mass is 292 g/mol. The first-order valence-electron chi connectivity index (χ1n) is 7.27. The number of furan rings is 1. The Bertz CT molecular complexity index is 538. The van der Waals surface area contributed by atoms with Gasteiger partial charge in [0.05, 0.1) is 18.4 Å². The van der Waals surface area contributed by atoms with E-state index in [1.165, 1.54) is 6.26 Å². The predicted molar refractivity (Wildman–Crippen MR) is 74.8 cm³/mol. The van der Waals surface area contributed by atoms with Gasteiger partial charge >= 0.3 is 0 Å². The third-order valence-electron chi connectivity index (χ3n) is 4.46. The van der Waals surface area contributed by atoms with Gasteiger partial charge in [-0.15, -0.1) is 0 Å². The van der Waals surface area contributed by atoms with Gasteiger partial charge in [0, 0.05) is 31.7 Å². The maximum absolute atomic E-state index is 12.1. The van der Waals surface area contributed by atoms with Crippen molar-refractivity contribution in [2.75, 3.05) is 32.8 Å². The van der Waals surface area contributed by atoms with E-state index in [9.17, 15) is 9.59 Å². The van der Waals surface area contributed by atoms with Crippen molar-refractivity contribution in [3.05, 3.63) is 23.7 Å². The SMILES string of the molecule is Cc1occc1C(=O)NCC(=O)N1CC2(CCOCC2)C1. The Kier molecular flexibility index (Phi) is 3.71. The number of carbonyl (C=O) groups is 2. The van der Waals surface area contributed by atoms with Gasteiger partial charge in [0.25, 0.3) is 5.91 Å². The van der Waals surface area contributed by atoms with Crippen LogP contribution in [0.1, 0.15) is 29.0 Å². The Morgan fingerprint density at radius 3 is 2.67 bits per heavy atom. The fourth-order valence-electron chi connectivity index (χ4n) is 3.04. The molecule has 0 unspecified atom stereocenters. The normalized spacial score (nSPS) is 20.1. The fraction of sp³-hybridized carbons (Fsp3) is 0.600. The van der Waals surface area contributed by atoms with Crippen molar-refractivity contribution in [2.24, 2.45) is 5.41 Å². The molecular weight excluding hydrogens is 272 g/mol. The average Bonchev–Trinajstić information content (AvgIpc) is 2.89. The van der Waals surface area contributed by atoms with E-state index >= 15 is 0 Å². The summed E-state index contributed by atoms with van der Waals surface area (Å²) in [5.74, 6) is 0.266. The topological polar surface area (TPSA) is 71.8 Å². The Balaban J connectivity index is 1.45. The van der Waals surface area contributed by atoms with Crippen molar-refractivity contribution in [2.45, 2.75) is 19.8 Å². The zero-order valence-corrected chi connectivity index (χ0v) is 12.2. The minimum atomic E-state index is -0.268. The van der Waals surface area contributed by atoms with Crippen LogP contribution in [-0.2, 0) is 9.53 Å². The van der Waals surface area contributed by atoms with Crippen LogP contribution in [0.5, 0.6) is 0 Å². The van der Waals surface area contributed by atoms with Gasteiger partial charge in [0.2, 0.25) is 5.91 Å². The Morgan fingerprint density at radius 2 is 2.05 bits per heavy atom. The molecule has 1 N–H and O–H groups in total. The predicted octanol–water partition coefficient (Wildman–Crippen LogP) is 0.957. The first-order chi connectivity index (χ1) is 10.1. The lowest BCUT2D eigenvalue weighted by Gasteiger charge is -2.52. The molecule has 2 aliphatic heterocycles. The first-order valence-corrected chi connectivity index (χ1v) is 7.27. The van der Waals surface area contributed by atoms with E-state index in [1.54, 1.807) is 13.0 Å². The molecule has 0 aliphatic carbocycles. The molecule has 2 amide bonds.